The lowest BCUT2D eigenvalue weighted by molar-refractivity contribution is -0.302. The van der Waals surface area contributed by atoms with Crippen LogP contribution >= 0.6 is 0 Å². The summed E-state index contributed by atoms with van der Waals surface area (Å²) in [5.41, 5.74) is -0.537. The van der Waals surface area contributed by atoms with E-state index < -0.39 is 83.4 Å². The Labute approximate surface area is 341 Å². The van der Waals surface area contributed by atoms with E-state index in [0.717, 1.165) is 16.5 Å². The predicted molar refractivity (Wildman–Crippen MR) is 212 cm³/mol. The van der Waals surface area contributed by atoms with Gasteiger partial charge >= 0.3 is 11.9 Å². The van der Waals surface area contributed by atoms with Gasteiger partial charge in [-0.05, 0) is 67.1 Å². The SMILES string of the molecule is CC[C@H]1OC(=O)[C@H](C)[C@H]2OC/C(=N/OCc3cnnc4ccccc34)CO[C@](C)(C[C@@H](C)C(=O)[C@H](C)[C@@H]3CC(=O)O[C@]13C)[C@H](O[C@@H]1O[C@H](C)C[C@H](N(C)C)[C@H]1O)[C@H]2C. The molecule has 0 radical (unpaired) electrons. The van der Waals surface area contributed by atoms with Crippen molar-refractivity contribution in [1.29, 1.82) is 0 Å². The normalized spacial score (nSPS) is 40.0. The van der Waals surface area contributed by atoms with E-state index in [-0.39, 0.29) is 50.6 Å². The number of nitrogens with zero attached hydrogens (tertiary/aromatic N) is 4. The molecule has 0 unspecified atom stereocenters. The van der Waals surface area contributed by atoms with E-state index in [1.165, 1.54) is 0 Å². The van der Waals surface area contributed by atoms with E-state index in [2.05, 4.69) is 15.4 Å². The average molecular weight is 811 g/mol. The van der Waals surface area contributed by atoms with Crippen molar-refractivity contribution in [1.82, 2.24) is 15.1 Å². The van der Waals surface area contributed by atoms with Gasteiger partial charge in [0.05, 0.1) is 61.2 Å². The lowest BCUT2D eigenvalue weighted by Gasteiger charge is -2.48. The van der Waals surface area contributed by atoms with Crippen molar-refractivity contribution in [2.75, 3.05) is 27.3 Å². The largest absolute Gasteiger partial charge is 0.458 e. The number of Topliss-reactive ketones (excluding diaryl/α,β-unsaturated/α-hetero) is 1. The van der Waals surface area contributed by atoms with Crippen LogP contribution in [0.4, 0.5) is 0 Å². The Balaban J connectivity index is 1.41. The van der Waals surface area contributed by atoms with E-state index >= 15 is 0 Å². The molecule has 6 rings (SSSR count). The van der Waals surface area contributed by atoms with Crippen molar-refractivity contribution in [3.63, 3.8) is 0 Å². The number of oxime groups is 1. The molecule has 0 aliphatic carbocycles. The van der Waals surface area contributed by atoms with E-state index in [1.54, 1.807) is 20.0 Å². The van der Waals surface area contributed by atoms with Crippen LogP contribution in [0, 0.1) is 29.6 Å². The van der Waals surface area contributed by atoms with Gasteiger partial charge in [0.15, 0.2) is 6.29 Å². The molecule has 4 aliphatic rings. The molecule has 58 heavy (non-hydrogen) atoms. The Kier molecular flexibility index (Phi) is 13.6. The minimum Gasteiger partial charge on any atom is -0.458 e. The van der Waals surface area contributed by atoms with Gasteiger partial charge in [0.25, 0.3) is 0 Å². The predicted octanol–water partition coefficient (Wildman–Crippen LogP) is 4.65. The van der Waals surface area contributed by atoms with Crippen molar-refractivity contribution in [3.05, 3.63) is 36.0 Å². The number of hydrogen-bond donors (Lipinski definition) is 1. The third-order valence-corrected chi connectivity index (χ3v) is 13.0. The summed E-state index contributed by atoms with van der Waals surface area (Å²) in [6, 6.07) is 7.36. The topological polar surface area (TPSA) is 177 Å². The molecule has 0 saturated carbocycles. The minimum atomic E-state index is -1.24. The summed E-state index contributed by atoms with van der Waals surface area (Å²) < 4.78 is 39.0. The number of fused-ring (bicyclic) bond motifs is 5. The highest BCUT2D eigenvalue weighted by atomic mass is 16.7. The molecule has 2 bridgehead atoms. The van der Waals surface area contributed by atoms with Crippen LogP contribution in [0.25, 0.3) is 10.9 Å². The van der Waals surface area contributed by atoms with Crippen molar-refractivity contribution in [2.45, 2.75) is 142 Å². The number of carbonyl (C=O) groups is 3. The van der Waals surface area contributed by atoms with E-state index in [0.29, 0.717) is 18.6 Å². The zero-order valence-corrected chi connectivity index (χ0v) is 35.6. The third kappa shape index (κ3) is 8.95. The number of aliphatic hydroxyl groups excluding tert-OH is 1. The molecule has 1 aromatic carbocycles. The first-order valence-corrected chi connectivity index (χ1v) is 20.7. The van der Waals surface area contributed by atoms with Gasteiger partial charge in [0.1, 0.15) is 35.9 Å². The zero-order valence-electron chi connectivity index (χ0n) is 35.6. The Morgan fingerprint density at radius 3 is 2.50 bits per heavy atom. The molecule has 4 fully saturated rings. The maximum Gasteiger partial charge on any atom is 0.311 e. The van der Waals surface area contributed by atoms with Crippen LogP contribution in [0.2, 0.25) is 0 Å². The molecule has 15 heteroatoms. The Morgan fingerprint density at radius 1 is 1.03 bits per heavy atom. The van der Waals surface area contributed by atoms with Gasteiger partial charge in [-0.25, -0.2) is 0 Å². The molecule has 1 N–H and O–H groups in total. The summed E-state index contributed by atoms with van der Waals surface area (Å²) in [6.07, 6.45) is -2.08. The molecule has 2 aromatic rings. The molecule has 0 amide bonds. The quantitative estimate of drug-likeness (QED) is 0.302. The van der Waals surface area contributed by atoms with E-state index in [4.69, 9.17) is 33.3 Å². The number of aromatic nitrogens is 2. The molecule has 4 saturated heterocycles. The molecule has 14 atom stereocenters. The van der Waals surface area contributed by atoms with Gasteiger partial charge in [-0.15, -0.1) is 0 Å². The summed E-state index contributed by atoms with van der Waals surface area (Å²) in [4.78, 5) is 49.7. The first-order valence-electron chi connectivity index (χ1n) is 20.7. The molecular weight excluding hydrogens is 748 g/mol. The Hall–Kier alpha value is -3.60. The summed E-state index contributed by atoms with van der Waals surface area (Å²) >= 11 is 0. The second-order valence-electron chi connectivity index (χ2n) is 17.6. The number of carbonyl (C=O) groups excluding carboxylic acids is 3. The van der Waals surface area contributed by atoms with Gasteiger partial charge in [-0.1, -0.05) is 51.0 Å². The van der Waals surface area contributed by atoms with Crippen LogP contribution in [-0.4, -0.2) is 125 Å². The number of likely N-dealkylation sites (N-methyl/N-ethyl adjacent to an activating group) is 1. The van der Waals surface area contributed by atoms with Crippen LogP contribution in [-0.2, 0) is 54.2 Å². The second kappa shape index (κ2) is 17.9. The lowest BCUT2D eigenvalue weighted by atomic mass is 9.70. The number of aliphatic hydroxyl groups is 1. The monoisotopic (exact) mass is 810 g/mol. The highest BCUT2D eigenvalue weighted by Gasteiger charge is 2.57. The number of cyclic esters (lactones) is 1. The van der Waals surface area contributed by atoms with Gasteiger partial charge < -0.3 is 43.3 Å². The number of hydrogen-bond acceptors (Lipinski definition) is 15. The van der Waals surface area contributed by atoms with Crippen LogP contribution < -0.4 is 0 Å². The van der Waals surface area contributed by atoms with Gasteiger partial charge in [0, 0.05) is 40.7 Å². The molecule has 4 aliphatic heterocycles. The van der Waals surface area contributed by atoms with Gasteiger partial charge in [-0.3, -0.25) is 14.4 Å². The minimum absolute atomic E-state index is 0.0231. The summed E-state index contributed by atoms with van der Waals surface area (Å²) in [7, 11) is 3.81. The fraction of sp³-hybridized carbons (Fsp3) is 0.721. The van der Waals surface area contributed by atoms with E-state index in [1.807, 2.05) is 84.8 Å². The standard InChI is InChI=1S/C43H62N4O11/c1-11-34-43(8)31(17-35(48)58-43)25(4)36(49)23(2)18-42(7)39(57-41-37(50)33(47(9)10)16-24(3)55-41)26(5)38(27(6)40(51)56-34)52-21-29(22-53-42)46-54-20-28-19-44-45-32-15-13-12-14-30(28)32/h12-15,19,23-27,31,33-34,37-39,41,50H,11,16-18,20-22H2,1-10H3/b46-29-/t23-,24-,25-,26+,27-,31+,33+,34-,37-,38+,39-,41+,42-,43+/m1/s1. The van der Waals surface area contributed by atoms with Crippen molar-refractivity contribution in [2.24, 2.45) is 34.7 Å². The number of esters is 2. The van der Waals surface area contributed by atoms with Gasteiger partial charge in [-0.2, -0.15) is 10.2 Å². The maximum absolute atomic E-state index is 14.6. The number of ether oxygens (including phenoxy) is 6. The van der Waals surface area contributed by atoms with Crippen LogP contribution in [0.3, 0.4) is 0 Å². The zero-order chi connectivity index (χ0) is 42.1. The van der Waals surface area contributed by atoms with Crippen LogP contribution in [0.15, 0.2) is 35.6 Å². The first kappa shape index (κ1) is 44.0. The fourth-order valence-corrected chi connectivity index (χ4v) is 9.78. The highest BCUT2D eigenvalue weighted by molar-refractivity contribution is 5.87. The van der Waals surface area contributed by atoms with Crippen LogP contribution in [0.1, 0.15) is 86.6 Å². The molecule has 5 heterocycles. The number of rotatable bonds is 7. The first-order chi connectivity index (χ1) is 27.5. The smallest absolute Gasteiger partial charge is 0.311 e. The van der Waals surface area contributed by atoms with E-state index in [9.17, 15) is 19.5 Å². The van der Waals surface area contributed by atoms with Crippen molar-refractivity contribution < 1.29 is 52.7 Å². The van der Waals surface area contributed by atoms with Crippen molar-refractivity contribution >= 4 is 34.3 Å². The molecule has 320 valence electrons. The molecule has 15 nitrogen and oxygen atoms in total. The van der Waals surface area contributed by atoms with Crippen LogP contribution in [0.5, 0.6) is 0 Å². The maximum atomic E-state index is 14.6. The van der Waals surface area contributed by atoms with Crippen molar-refractivity contribution in [3.8, 4) is 0 Å². The number of ketones is 1. The second-order valence-corrected chi connectivity index (χ2v) is 17.6. The lowest BCUT2D eigenvalue weighted by Crippen LogP contribution is -2.60. The number of benzene rings is 1. The summed E-state index contributed by atoms with van der Waals surface area (Å²) in [5, 5.41) is 25.4. The average Bonchev–Trinajstić information content (AvgIpc) is 3.52. The third-order valence-electron chi connectivity index (χ3n) is 13.0. The fourth-order valence-electron chi connectivity index (χ4n) is 9.78. The summed E-state index contributed by atoms with van der Waals surface area (Å²) in [6.45, 7) is 14.8. The highest BCUT2D eigenvalue weighted by Crippen LogP contribution is 2.46. The Morgan fingerprint density at radius 2 is 1.78 bits per heavy atom. The van der Waals surface area contributed by atoms with Gasteiger partial charge in [0.2, 0.25) is 0 Å². The summed E-state index contributed by atoms with van der Waals surface area (Å²) in [5.74, 6) is -4.28. The molecule has 1 aromatic heterocycles. The molecular formula is C43H62N4O11. The molecule has 0 spiro atoms. The Bertz CT molecular complexity index is 1820.